The average molecular weight is 316 g/mol. The van der Waals surface area contributed by atoms with Gasteiger partial charge in [0.2, 0.25) is 0 Å². The van der Waals surface area contributed by atoms with E-state index in [-0.39, 0.29) is 5.92 Å². The molecule has 0 heterocycles. The summed E-state index contributed by atoms with van der Waals surface area (Å²) in [4.78, 5) is 13.3. The summed E-state index contributed by atoms with van der Waals surface area (Å²) in [5.41, 5.74) is -0.417. The van der Waals surface area contributed by atoms with Crippen molar-refractivity contribution in [2.45, 2.75) is 31.8 Å². The molecule has 7 heteroatoms. The molecule has 1 aliphatic rings. The predicted molar refractivity (Wildman–Crippen MR) is 75.9 cm³/mol. The Morgan fingerprint density at radius 1 is 1.27 bits per heavy atom. The molecule has 2 rings (SSSR count). The van der Waals surface area contributed by atoms with Crippen LogP contribution in [0.25, 0.3) is 0 Å². The van der Waals surface area contributed by atoms with E-state index < -0.39 is 35.3 Å². The summed E-state index contributed by atoms with van der Waals surface area (Å²) in [7, 11) is 1.51. The van der Waals surface area contributed by atoms with Gasteiger partial charge >= 0.3 is 6.03 Å². The Morgan fingerprint density at radius 2 is 1.95 bits per heavy atom. The second-order valence-corrected chi connectivity index (χ2v) is 5.65. The fourth-order valence-corrected chi connectivity index (χ4v) is 2.67. The van der Waals surface area contributed by atoms with Gasteiger partial charge in [-0.15, -0.1) is 0 Å². The molecule has 2 amide bonds. The number of nitrogens with one attached hydrogen (secondary N) is 1. The fraction of sp³-hybridized carbons (Fsp3) is 0.533. The molecule has 1 saturated carbocycles. The Balaban J connectivity index is 1.98. The molecule has 0 bridgehead atoms. The Bertz CT molecular complexity index is 554. The molecule has 0 radical (unpaired) electrons. The molecule has 0 aromatic heterocycles. The molecular formula is C15H19F3N2O2. The van der Waals surface area contributed by atoms with Crippen molar-refractivity contribution in [1.82, 2.24) is 4.90 Å². The van der Waals surface area contributed by atoms with Crippen LogP contribution >= 0.6 is 0 Å². The Hall–Kier alpha value is -1.76. The lowest BCUT2D eigenvalue weighted by atomic mass is 9.86. The minimum atomic E-state index is -1.62. The smallest absolute Gasteiger partial charge is 0.321 e. The van der Waals surface area contributed by atoms with Crippen LogP contribution in [-0.2, 0) is 0 Å². The van der Waals surface area contributed by atoms with Crippen molar-refractivity contribution in [2.75, 3.05) is 18.9 Å². The van der Waals surface area contributed by atoms with Gasteiger partial charge in [0.1, 0.15) is 0 Å². The normalized spacial score (nSPS) is 21.5. The van der Waals surface area contributed by atoms with Crippen molar-refractivity contribution in [3.63, 3.8) is 0 Å². The first-order chi connectivity index (χ1) is 10.4. The summed E-state index contributed by atoms with van der Waals surface area (Å²) in [5.74, 6) is -4.39. The monoisotopic (exact) mass is 316 g/mol. The maximum atomic E-state index is 13.5. The molecule has 1 aromatic rings. The number of halogens is 3. The number of aliphatic hydroxyl groups is 1. The number of urea groups is 1. The largest absolute Gasteiger partial charge is 0.393 e. The Labute approximate surface area is 126 Å². The van der Waals surface area contributed by atoms with Crippen molar-refractivity contribution < 1.29 is 23.1 Å². The number of amides is 2. The third kappa shape index (κ3) is 3.71. The lowest BCUT2D eigenvalue weighted by Crippen LogP contribution is -2.40. The lowest BCUT2D eigenvalue weighted by molar-refractivity contribution is 0.0575. The number of aliphatic hydroxyl groups excluding tert-OH is 1. The number of carbonyl (C=O) groups is 1. The number of hydrogen-bond donors (Lipinski definition) is 2. The first-order valence-electron chi connectivity index (χ1n) is 7.24. The third-order valence-electron chi connectivity index (χ3n) is 4.00. The van der Waals surface area contributed by atoms with Crippen molar-refractivity contribution >= 4 is 11.7 Å². The summed E-state index contributed by atoms with van der Waals surface area (Å²) in [6, 6.07) is 1.08. The van der Waals surface area contributed by atoms with Crippen LogP contribution in [0.15, 0.2) is 12.1 Å². The van der Waals surface area contributed by atoms with Gasteiger partial charge in [0.15, 0.2) is 17.5 Å². The molecule has 2 atom stereocenters. The highest BCUT2D eigenvalue weighted by Crippen LogP contribution is 2.25. The van der Waals surface area contributed by atoms with Gasteiger partial charge in [-0.05, 0) is 25.0 Å². The van der Waals surface area contributed by atoms with Gasteiger partial charge in [-0.25, -0.2) is 18.0 Å². The average Bonchev–Trinajstić information content (AvgIpc) is 2.50. The summed E-state index contributed by atoms with van der Waals surface area (Å²) in [5, 5.41) is 12.1. The highest BCUT2D eigenvalue weighted by Gasteiger charge is 2.26. The minimum absolute atomic E-state index is 0.0284. The van der Waals surface area contributed by atoms with E-state index in [1.165, 1.54) is 11.9 Å². The number of hydrogen-bond acceptors (Lipinski definition) is 2. The predicted octanol–water partition coefficient (Wildman–Crippen LogP) is 3.12. The zero-order valence-corrected chi connectivity index (χ0v) is 12.3. The molecule has 1 aromatic carbocycles. The van der Waals surface area contributed by atoms with Gasteiger partial charge in [-0.1, -0.05) is 12.8 Å². The maximum absolute atomic E-state index is 13.5. The topological polar surface area (TPSA) is 52.6 Å². The van der Waals surface area contributed by atoms with Crippen LogP contribution in [0.5, 0.6) is 0 Å². The summed E-state index contributed by atoms with van der Waals surface area (Å²) >= 11 is 0. The zero-order valence-electron chi connectivity index (χ0n) is 12.3. The van der Waals surface area contributed by atoms with Crippen LogP contribution in [0.3, 0.4) is 0 Å². The Kier molecular flexibility index (Phi) is 5.28. The summed E-state index contributed by atoms with van der Waals surface area (Å²) in [6.07, 6.45) is 3.03. The molecule has 1 aliphatic carbocycles. The van der Waals surface area contributed by atoms with Gasteiger partial charge in [0.05, 0.1) is 11.8 Å². The van der Waals surface area contributed by atoms with Crippen molar-refractivity contribution in [1.29, 1.82) is 0 Å². The van der Waals surface area contributed by atoms with Gasteiger partial charge in [-0.2, -0.15) is 0 Å². The van der Waals surface area contributed by atoms with Crippen LogP contribution in [0.1, 0.15) is 25.7 Å². The molecule has 1 fully saturated rings. The first kappa shape index (κ1) is 16.6. The zero-order chi connectivity index (χ0) is 16.3. The first-order valence-corrected chi connectivity index (χ1v) is 7.24. The van der Waals surface area contributed by atoms with Crippen LogP contribution < -0.4 is 5.32 Å². The Morgan fingerprint density at radius 3 is 2.64 bits per heavy atom. The molecule has 4 nitrogen and oxygen atoms in total. The van der Waals surface area contributed by atoms with E-state index in [9.17, 15) is 23.1 Å². The standard InChI is InChI=1S/C15H19F3N2O2/c1-20(8-9-4-2-3-5-12(9)21)15(22)19-11-7-6-10(16)13(17)14(11)18/h6-7,9,12,21H,2-5,8H2,1H3,(H,19,22). The van der Waals surface area contributed by atoms with Crippen molar-refractivity contribution in [2.24, 2.45) is 5.92 Å². The van der Waals surface area contributed by atoms with E-state index in [1.807, 2.05) is 0 Å². The summed E-state index contributed by atoms with van der Waals surface area (Å²) in [6.45, 7) is 0.318. The third-order valence-corrected chi connectivity index (χ3v) is 4.00. The number of rotatable bonds is 3. The van der Waals surface area contributed by atoms with Crippen LogP contribution in [0.4, 0.5) is 23.7 Å². The number of carbonyl (C=O) groups excluding carboxylic acids is 1. The second-order valence-electron chi connectivity index (χ2n) is 5.65. The van der Waals surface area contributed by atoms with Crippen LogP contribution in [0, 0.1) is 23.4 Å². The lowest BCUT2D eigenvalue weighted by Gasteiger charge is -2.31. The summed E-state index contributed by atoms with van der Waals surface area (Å²) < 4.78 is 39.5. The minimum Gasteiger partial charge on any atom is -0.393 e. The van der Waals surface area contributed by atoms with E-state index in [1.54, 1.807) is 0 Å². The molecule has 122 valence electrons. The maximum Gasteiger partial charge on any atom is 0.321 e. The molecule has 2 N–H and O–H groups in total. The quantitative estimate of drug-likeness (QED) is 0.842. The number of benzene rings is 1. The fourth-order valence-electron chi connectivity index (χ4n) is 2.67. The number of nitrogens with zero attached hydrogens (tertiary/aromatic N) is 1. The number of anilines is 1. The van der Waals surface area contributed by atoms with Crippen LogP contribution in [0.2, 0.25) is 0 Å². The highest BCUT2D eigenvalue weighted by molar-refractivity contribution is 5.89. The van der Waals surface area contributed by atoms with E-state index in [0.717, 1.165) is 31.4 Å². The molecule has 0 spiro atoms. The van der Waals surface area contributed by atoms with Crippen molar-refractivity contribution in [3.8, 4) is 0 Å². The van der Waals surface area contributed by atoms with Gasteiger partial charge in [0, 0.05) is 19.5 Å². The molecule has 0 aliphatic heterocycles. The van der Waals surface area contributed by atoms with Gasteiger partial charge in [-0.3, -0.25) is 0 Å². The molecular weight excluding hydrogens is 297 g/mol. The molecule has 2 unspecified atom stereocenters. The van der Waals surface area contributed by atoms with E-state index >= 15 is 0 Å². The van der Waals surface area contributed by atoms with E-state index in [4.69, 9.17) is 0 Å². The second kappa shape index (κ2) is 7.00. The van der Waals surface area contributed by atoms with E-state index in [2.05, 4.69) is 5.32 Å². The van der Waals surface area contributed by atoms with Gasteiger partial charge < -0.3 is 15.3 Å². The van der Waals surface area contributed by atoms with E-state index in [0.29, 0.717) is 13.0 Å². The molecule has 0 saturated heterocycles. The van der Waals surface area contributed by atoms with Gasteiger partial charge in [0.25, 0.3) is 0 Å². The van der Waals surface area contributed by atoms with Crippen molar-refractivity contribution in [3.05, 3.63) is 29.6 Å². The SMILES string of the molecule is CN(CC1CCCCC1O)C(=O)Nc1ccc(F)c(F)c1F. The molecule has 22 heavy (non-hydrogen) atoms. The highest BCUT2D eigenvalue weighted by atomic mass is 19.2. The van der Waals surface area contributed by atoms with Crippen LogP contribution in [-0.4, -0.2) is 35.7 Å².